The van der Waals surface area contributed by atoms with Crippen LogP contribution in [0.2, 0.25) is 0 Å². The van der Waals surface area contributed by atoms with Gasteiger partial charge in [-0.05, 0) is 38.5 Å². The minimum absolute atomic E-state index is 0.0625. The van der Waals surface area contributed by atoms with E-state index in [9.17, 15) is 8.42 Å². The number of sulfonamides is 1. The second kappa shape index (κ2) is 5.70. The first-order chi connectivity index (χ1) is 10.9. The minimum atomic E-state index is -3.50. The van der Waals surface area contributed by atoms with Crippen LogP contribution in [0.5, 0.6) is 0 Å². The van der Waals surface area contributed by atoms with Crippen LogP contribution in [0.3, 0.4) is 0 Å². The molecule has 3 aromatic rings. The van der Waals surface area contributed by atoms with Crippen molar-refractivity contribution in [3.8, 4) is 0 Å². The van der Waals surface area contributed by atoms with Crippen molar-refractivity contribution in [3.05, 3.63) is 65.1 Å². The molecule has 1 aromatic carbocycles. The van der Waals surface area contributed by atoms with Crippen LogP contribution in [0.15, 0.2) is 42.6 Å². The second-order valence-corrected chi connectivity index (χ2v) is 7.47. The van der Waals surface area contributed by atoms with Crippen LogP contribution >= 0.6 is 0 Å². The van der Waals surface area contributed by atoms with Gasteiger partial charge in [-0.1, -0.05) is 29.8 Å². The Morgan fingerprint density at radius 3 is 2.48 bits per heavy atom. The molecule has 1 N–H and O–H groups in total. The van der Waals surface area contributed by atoms with Crippen LogP contribution in [0, 0.1) is 20.8 Å². The van der Waals surface area contributed by atoms with Gasteiger partial charge >= 0.3 is 0 Å². The molecule has 2 heterocycles. The number of nitrogens with zero attached hydrogens (tertiary/aromatic N) is 2. The normalized spacial score (nSPS) is 11.8. The summed E-state index contributed by atoms with van der Waals surface area (Å²) in [6.45, 7) is 5.84. The number of hydrogen-bond donors (Lipinski definition) is 1. The Balaban J connectivity index is 1.91. The first kappa shape index (κ1) is 15.6. The molecule has 3 rings (SSSR count). The molecular weight excluding hydrogens is 310 g/mol. The maximum atomic E-state index is 12.4. The summed E-state index contributed by atoms with van der Waals surface area (Å²) in [5.41, 5.74) is 4.86. The number of anilines is 1. The van der Waals surface area contributed by atoms with Crippen LogP contribution < -0.4 is 4.72 Å². The van der Waals surface area contributed by atoms with Crippen molar-refractivity contribution >= 4 is 21.4 Å². The number of fused-ring (bicyclic) bond motifs is 1. The molecule has 0 amide bonds. The summed E-state index contributed by atoms with van der Waals surface area (Å²) in [7, 11) is -3.50. The van der Waals surface area contributed by atoms with Gasteiger partial charge in [0.25, 0.3) is 0 Å². The molecule has 0 bridgehead atoms. The topological polar surface area (TPSA) is 63.5 Å². The van der Waals surface area contributed by atoms with Crippen LogP contribution in [0.1, 0.15) is 22.5 Å². The van der Waals surface area contributed by atoms with Gasteiger partial charge in [-0.15, -0.1) is 0 Å². The Hall–Kier alpha value is -2.34. The first-order valence-electron chi connectivity index (χ1n) is 7.36. The predicted molar refractivity (Wildman–Crippen MR) is 92.1 cm³/mol. The van der Waals surface area contributed by atoms with E-state index in [4.69, 9.17) is 0 Å². The average Bonchev–Trinajstić information content (AvgIpc) is 2.78. The molecule has 23 heavy (non-hydrogen) atoms. The van der Waals surface area contributed by atoms with Crippen molar-refractivity contribution < 1.29 is 8.42 Å². The zero-order chi connectivity index (χ0) is 16.6. The quantitative estimate of drug-likeness (QED) is 0.799. The van der Waals surface area contributed by atoms with Crippen LogP contribution in [-0.2, 0) is 15.8 Å². The summed E-state index contributed by atoms with van der Waals surface area (Å²) in [6, 6.07) is 11.0. The van der Waals surface area contributed by atoms with E-state index < -0.39 is 10.0 Å². The van der Waals surface area contributed by atoms with E-state index >= 15 is 0 Å². The van der Waals surface area contributed by atoms with Gasteiger partial charge in [-0.25, -0.2) is 13.4 Å². The lowest BCUT2D eigenvalue weighted by Crippen LogP contribution is -2.15. The zero-order valence-corrected chi connectivity index (χ0v) is 14.2. The number of rotatable bonds is 4. The summed E-state index contributed by atoms with van der Waals surface area (Å²) in [6.07, 6.45) is 1.88. The van der Waals surface area contributed by atoms with Gasteiger partial charge in [0.1, 0.15) is 0 Å². The Kier molecular flexibility index (Phi) is 3.85. The summed E-state index contributed by atoms with van der Waals surface area (Å²) in [5.74, 6) is -0.0625. The molecule has 0 spiro atoms. The van der Waals surface area contributed by atoms with Gasteiger partial charge in [0, 0.05) is 11.9 Å². The molecule has 120 valence electrons. The second-order valence-electron chi connectivity index (χ2n) is 5.74. The monoisotopic (exact) mass is 329 g/mol. The summed E-state index contributed by atoms with van der Waals surface area (Å²) in [4.78, 5) is 4.45. The molecule has 0 aliphatic rings. The van der Waals surface area contributed by atoms with Crippen molar-refractivity contribution in [2.24, 2.45) is 0 Å². The maximum Gasteiger partial charge on any atom is 0.237 e. The van der Waals surface area contributed by atoms with E-state index in [0.29, 0.717) is 11.3 Å². The molecule has 0 saturated heterocycles. The van der Waals surface area contributed by atoms with Crippen LogP contribution in [0.4, 0.5) is 5.69 Å². The SMILES string of the molecule is Cc1ccc(CS(=O)(=O)Nc2cccn3c(C)c(C)nc23)cc1. The van der Waals surface area contributed by atoms with Crippen molar-refractivity contribution in [3.63, 3.8) is 0 Å². The molecule has 0 saturated carbocycles. The van der Waals surface area contributed by atoms with Crippen LogP contribution in [-0.4, -0.2) is 17.8 Å². The zero-order valence-electron chi connectivity index (χ0n) is 13.4. The van der Waals surface area contributed by atoms with Gasteiger partial charge in [0.15, 0.2) is 5.65 Å². The van der Waals surface area contributed by atoms with E-state index in [1.165, 1.54) is 0 Å². The Morgan fingerprint density at radius 2 is 1.78 bits per heavy atom. The third-order valence-electron chi connectivity index (χ3n) is 3.87. The van der Waals surface area contributed by atoms with E-state index in [-0.39, 0.29) is 5.75 Å². The molecule has 0 atom stereocenters. The highest BCUT2D eigenvalue weighted by Crippen LogP contribution is 2.21. The fourth-order valence-corrected chi connectivity index (χ4v) is 3.68. The molecule has 5 nitrogen and oxygen atoms in total. The van der Waals surface area contributed by atoms with E-state index in [0.717, 1.165) is 22.5 Å². The van der Waals surface area contributed by atoms with Crippen molar-refractivity contribution in [2.45, 2.75) is 26.5 Å². The molecule has 6 heteroatoms. The molecule has 0 aliphatic carbocycles. The lowest BCUT2D eigenvalue weighted by Gasteiger charge is -2.09. The third-order valence-corrected chi connectivity index (χ3v) is 5.11. The predicted octanol–water partition coefficient (Wildman–Crippen LogP) is 3.20. The van der Waals surface area contributed by atoms with Crippen molar-refractivity contribution in [1.82, 2.24) is 9.38 Å². The highest BCUT2D eigenvalue weighted by molar-refractivity contribution is 7.91. The van der Waals surface area contributed by atoms with Gasteiger partial charge in [-0.2, -0.15) is 0 Å². The molecular formula is C17H19N3O2S. The largest absolute Gasteiger partial charge is 0.302 e. The molecule has 0 unspecified atom stereocenters. The Labute approximate surface area is 136 Å². The highest BCUT2D eigenvalue weighted by atomic mass is 32.2. The minimum Gasteiger partial charge on any atom is -0.302 e. The van der Waals surface area contributed by atoms with E-state index in [1.54, 1.807) is 6.07 Å². The van der Waals surface area contributed by atoms with Gasteiger partial charge in [0.2, 0.25) is 10.0 Å². The number of nitrogens with one attached hydrogen (secondary N) is 1. The Morgan fingerprint density at radius 1 is 1.09 bits per heavy atom. The van der Waals surface area contributed by atoms with E-state index in [2.05, 4.69) is 9.71 Å². The van der Waals surface area contributed by atoms with Gasteiger partial charge in [0.05, 0.1) is 17.1 Å². The Bertz CT molecular complexity index is 957. The van der Waals surface area contributed by atoms with E-state index in [1.807, 2.05) is 61.7 Å². The number of imidazole rings is 1. The number of aromatic nitrogens is 2. The highest BCUT2D eigenvalue weighted by Gasteiger charge is 2.15. The average molecular weight is 329 g/mol. The molecule has 0 radical (unpaired) electrons. The lowest BCUT2D eigenvalue weighted by atomic mass is 10.2. The third kappa shape index (κ3) is 3.22. The number of hydrogen-bond acceptors (Lipinski definition) is 3. The smallest absolute Gasteiger partial charge is 0.237 e. The standard InChI is InChI=1S/C17H19N3O2S/c1-12-6-8-15(9-7-12)11-23(21,22)19-16-5-4-10-20-14(3)13(2)18-17(16)20/h4-10,19H,11H2,1-3H3. The number of aryl methyl sites for hydroxylation is 3. The molecule has 0 fully saturated rings. The lowest BCUT2D eigenvalue weighted by molar-refractivity contribution is 0.600. The van der Waals surface area contributed by atoms with Crippen molar-refractivity contribution in [2.75, 3.05) is 4.72 Å². The van der Waals surface area contributed by atoms with Gasteiger partial charge in [-0.3, -0.25) is 4.72 Å². The number of pyridine rings is 1. The summed E-state index contributed by atoms with van der Waals surface area (Å²) in [5, 5.41) is 0. The fourth-order valence-electron chi connectivity index (χ4n) is 2.49. The van der Waals surface area contributed by atoms with Crippen LogP contribution in [0.25, 0.3) is 5.65 Å². The maximum absolute atomic E-state index is 12.4. The van der Waals surface area contributed by atoms with Gasteiger partial charge < -0.3 is 4.40 Å². The fraction of sp³-hybridized carbons (Fsp3) is 0.235. The summed E-state index contributed by atoms with van der Waals surface area (Å²) < 4.78 is 29.4. The molecule has 2 aromatic heterocycles. The van der Waals surface area contributed by atoms with Crippen molar-refractivity contribution in [1.29, 1.82) is 0 Å². The number of benzene rings is 1. The summed E-state index contributed by atoms with van der Waals surface area (Å²) >= 11 is 0. The first-order valence-corrected chi connectivity index (χ1v) is 9.01. The molecule has 0 aliphatic heterocycles.